The molecule has 1 aliphatic heterocycles. The van der Waals surface area contributed by atoms with Gasteiger partial charge in [0.05, 0.1) is 13.0 Å². The van der Waals surface area contributed by atoms with Gasteiger partial charge in [0.25, 0.3) is 0 Å². The van der Waals surface area contributed by atoms with Crippen molar-refractivity contribution in [1.82, 2.24) is 4.98 Å². The Kier molecular flexibility index (Phi) is 0.886. The van der Waals surface area contributed by atoms with Gasteiger partial charge in [-0.2, -0.15) is 0 Å². The highest BCUT2D eigenvalue weighted by atomic mass is 15.4. The summed E-state index contributed by atoms with van der Waals surface area (Å²) >= 11 is 0. The van der Waals surface area contributed by atoms with Gasteiger partial charge in [0.1, 0.15) is 12.4 Å². The molecular weight excluding hydrogens is 114 g/mol. The Labute approximate surface area is 53.3 Å². The van der Waals surface area contributed by atoms with Gasteiger partial charge in [-0.3, -0.25) is 5.43 Å². The quantitative estimate of drug-likeness (QED) is 0.468. The van der Waals surface area contributed by atoms with E-state index in [9.17, 15) is 0 Å². The van der Waals surface area contributed by atoms with Gasteiger partial charge < -0.3 is 0 Å². The summed E-state index contributed by atoms with van der Waals surface area (Å²) in [6, 6.07) is 1.92. The highest BCUT2D eigenvalue weighted by molar-refractivity contribution is 4.86. The molecule has 9 heavy (non-hydrogen) atoms. The lowest BCUT2D eigenvalue weighted by Gasteiger charge is -1.89. The van der Waals surface area contributed by atoms with Crippen LogP contribution in [0.3, 0.4) is 0 Å². The van der Waals surface area contributed by atoms with E-state index in [1.54, 1.807) is 0 Å². The van der Waals surface area contributed by atoms with Gasteiger partial charge in [-0.15, -0.1) is 4.68 Å². The first kappa shape index (κ1) is 4.73. The number of nitrogens with zero attached hydrogens (tertiary/aromatic N) is 2. The van der Waals surface area contributed by atoms with E-state index < -0.39 is 0 Å². The molecule has 0 spiro atoms. The molecule has 0 aromatic carbocycles. The van der Waals surface area contributed by atoms with Crippen molar-refractivity contribution in [3.8, 4) is 0 Å². The molecule has 0 radical (unpaired) electrons. The van der Waals surface area contributed by atoms with Gasteiger partial charge in [0.2, 0.25) is 0 Å². The molecule has 0 aliphatic carbocycles. The van der Waals surface area contributed by atoms with E-state index in [-0.39, 0.29) is 0 Å². The number of rotatable bonds is 0. The molecule has 3 heteroatoms. The maximum atomic E-state index is 4.16. The van der Waals surface area contributed by atoms with Gasteiger partial charge in [0.15, 0.2) is 0 Å². The predicted molar refractivity (Wildman–Crippen MR) is 32.4 cm³/mol. The fourth-order valence-electron chi connectivity index (χ4n) is 1.02. The van der Waals surface area contributed by atoms with Crippen molar-refractivity contribution in [2.45, 2.75) is 6.42 Å². The molecule has 0 bridgehead atoms. The summed E-state index contributed by atoms with van der Waals surface area (Å²) in [5.74, 6) is 1.12. The molecule has 0 saturated carbocycles. The fourth-order valence-corrected chi connectivity index (χ4v) is 1.02. The Hall–Kier alpha value is -1.12. The second kappa shape index (κ2) is 1.69. The Bertz CT molecular complexity index is 198. The molecule has 0 fully saturated rings. The topological polar surface area (TPSA) is 28.8 Å². The standard InChI is InChI=1S/C6H8N3/c1-3-7-6-2-4-8-9(6)5-1/h1,3,5,8H,2,4H2/q+1. The van der Waals surface area contributed by atoms with E-state index in [1.165, 1.54) is 0 Å². The van der Waals surface area contributed by atoms with Crippen molar-refractivity contribution in [3.05, 3.63) is 24.3 Å². The average Bonchev–Trinajstić information content (AvgIpc) is 2.33. The van der Waals surface area contributed by atoms with Crippen LogP contribution in [0.4, 0.5) is 0 Å². The van der Waals surface area contributed by atoms with Crippen LogP contribution in [0.2, 0.25) is 0 Å². The van der Waals surface area contributed by atoms with Crippen molar-refractivity contribution in [2.75, 3.05) is 12.0 Å². The molecular formula is C6H8N3+. The summed E-state index contributed by atoms with van der Waals surface area (Å²) < 4.78 is 1.96. The summed E-state index contributed by atoms with van der Waals surface area (Å²) in [7, 11) is 0. The van der Waals surface area contributed by atoms with E-state index in [0.717, 1.165) is 18.8 Å². The molecule has 1 aromatic heterocycles. The molecule has 0 saturated heterocycles. The second-order valence-corrected chi connectivity index (χ2v) is 2.06. The SMILES string of the molecule is c1cnc2[n+](c1)NCC2. The van der Waals surface area contributed by atoms with Gasteiger partial charge in [-0.25, -0.2) is 0 Å². The Balaban J connectivity index is 2.54. The summed E-state index contributed by atoms with van der Waals surface area (Å²) in [6.07, 6.45) is 4.84. The van der Waals surface area contributed by atoms with Crippen LogP contribution in [0.25, 0.3) is 0 Å². The van der Waals surface area contributed by atoms with Gasteiger partial charge in [0, 0.05) is 6.07 Å². The molecule has 46 valence electrons. The number of hydrogen-bond donors (Lipinski definition) is 1. The molecule has 0 atom stereocenters. The monoisotopic (exact) mass is 122 g/mol. The molecule has 2 heterocycles. The van der Waals surface area contributed by atoms with Crippen molar-refractivity contribution in [1.29, 1.82) is 0 Å². The van der Waals surface area contributed by atoms with E-state index in [0.29, 0.717) is 0 Å². The Morgan fingerprint density at radius 2 is 2.67 bits per heavy atom. The molecule has 3 nitrogen and oxygen atoms in total. The van der Waals surface area contributed by atoms with Crippen molar-refractivity contribution >= 4 is 0 Å². The van der Waals surface area contributed by atoms with Crippen LogP contribution in [0.15, 0.2) is 18.5 Å². The van der Waals surface area contributed by atoms with Crippen LogP contribution >= 0.6 is 0 Å². The van der Waals surface area contributed by atoms with Crippen molar-refractivity contribution in [2.24, 2.45) is 0 Å². The van der Waals surface area contributed by atoms with Crippen molar-refractivity contribution in [3.63, 3.8) is 0 Å². The molecule has 1 aromatic rings. The minimum absolute atomic E-state index is 1.01. The number of fused-ring (bicyclic) bond motifs is 1. The highest BCUT2D eigenvalue weighted by Gasteiger charge is 2.16. The maximum Gasteiger partial charge on any atom is 0.322 e. The minimum Gasteiger partial charge on any atom is -0.256 e. The first-order chi connectivity index (χ1) is 4.47. The first-order valence-corrected chi connectivity index (χ1v) is 3.06. The third kappa shape index (κ3) is 0.650. The first-order valence-electron chi connectivity index (χ1n) is 3.06. The number of aromatic nitrogens is 2. The van der Waals surface area contributed by atoms with E-state index in [1.807, 2.05) is 23.1 Å². The minimum atomic E-state index is 1.01. The third-order valence-corrected chi connectivity index (χ3v) is 1.45. The smallest absolute Gasteiger partial charge is 0.256 e. The third-order valence-electron chi connectivity index (χ3n) is 1.45. The zero-order chi connectivity index (χ0) is 6.10. The van der Waals surface area contributed by atoms with Crippen LogP contribution in [0, 0.1) is 0 Å². The fraction of sp³-hybridized carbons (Fsp3) is 0.333. The Morgan fingerprint density at radius 1 is 1.67 bits per heavy atom. The number of nitrogens with one attached hydrogen (secondary N) is 1. The normalized spacial score (nSPS) is 14.7. The van der Waals surface area contributed by atoms with Crippen LogP contribution in [0.1, 0.15) is 5.82 Å². The lowest BCUT2D eigenvalue weighted by Crippen LogP contribution is -2.42. The van der Waals surface area contributed by atoms with E-state index in [2.05, 4.69) is 10.4 Å². The summed E-state index contributed by atoms with van der Waals surface area (Å²) in [5.41, 5.74) is 3.15. The summed E-state index contributed by atoms with van der Waals surface area (Å²) in [6.45, 7) is 1.01. The maximum absolute atomic E-state index is 4.16. The predicted octanol–water partition coefficient (Wildman–Crippen LogP) is -0.531. The molecule has 0 unspecified atom stereocenters. The summed E-state index contributed by atoms with van der Waals surface area (Å²) in [4.78, 5) is 4.16. The molecule has 1 N–H and O–H groups in total. The molecule has 0 amide bonds. The lowest BCUT2D eigenvalue weighted by atomic mass is 10.4. The second-order valence-electron chi connectivity index (χ2n) is 2.06. The van der Waals surface area contributed by atoms with Crippen LogP contribution in [-0.2, 0) is 6.42 Å². The largest absolute Gasteiger partial charge is 0.322 e. The van der Waals surface area contributed by atoms with Crippen LogP contribution in [-0.4, -0.2) is 11.5 Å². The molecule has 2 rings (SSSR count). The van der Waals surface area contributed by atoms with Crippen molar-refractivity contribution < 1.29 is 4.68 Å². The zero-order valence-corrected chi connectivity index (χ0v) is 5.04. The van der Waals surface area contributed by atoms with E-state index >= 15 is 0 Å². The van der Waals surface area contributed by atoms with Crippen LogP contribution < -0.4 is 10.1 Å². The van der Waals surface area contributed by atoms with E-state index in [4.69, 9.17) is 0 Å². The van der Waals surface area contributed by atoms with Gasteiger partial charge >= 0.3 is 5.82 Å². The lowest BCUT2D eigenvalue weighted by molar-refractivity contribution is -0.649. The van der Waals surface area contributed by atoms with Crippen LogP contribution in [0.5, 0.6) is 0 Å². The van der Waals surface area contributed by atoms with Gasteiger partial charge in [-0.1, -0.05) is 4.98 Å². The number of hydrogen-bond acceptors (Lipinski definition) is 2. The summed E-state index contributed by atoms with van der Waals surface area (Å²) in [5, 5.41) is 0. The van der Waals surface area contributed by atoms with Gasteiger partial charge in [-0.05, 0) is 0 Å². The average molecular weight is 122 g/mol. The Morgan fingerprint density at radius 3 is 3.56 bits per heavy atom. The zero-order valence-electron chi connectivity index (χ0n) is 5.04. The highest BCUT2D eigenvalue weighted by Crippen LogP contribution is 1.89. The molecule has 1 aliphatic rings.